The fourth-order valence-electron chi connectivity index (χ4n) is 3.96. The first kappa shape index (κ1) is 20.4. The number of carbonyl (C=O) groups is 1. The summed E-state index contributed by atoms with van der Waals surface area (Å²) in [6.07, 6.45) is -3.84. The maximum absolute atomic E-state index is 12.9. The number of hydrogen-bond acceptors (Lipinski definition) is 4. The highest BCUT2D eigenvalue weighted by Gasteiger charge is 2.41. The fraction of sp³-hybridized carbons (Fsp3) is 0.409. The van der Waals surface area contributed by atoms with E-state index in [9.17, 15) is 18.0 Å². The molecule has 2 aromatic rings. The van der Waals surface area contributed by atoms with Crippen LogP contribution >= 0.6 is 0 Å². The van der Waals surface area contributed by atoms with Gasteiger partial charge < -0.3 is 20.3 Å². The molecule has 0 bridgehead atoms. The van der Waals surface area contributed by atoms with Gasteiger partial charge >= 0.3 is 6.18 Å². The van der Waals surface area contributed by atoms with E-state index in [4.69, 9.17) is 4.74 Å². The van der Waals surface area contributed by atoms with E-state index in [2.05, 4.69) is 10.6 Å². The van der Waals surface area contributed by atoms with Gasteiger partial charge in [0, 0.05) is 36.2 Å². The van der Waals surface area contributed by atoms with Gasteiger partial charge in [0.15, 0.2) is 6.61 Å². The average molecular weight is 419 g/mol. The van der Waals surface area contributed by atoms with E-state index < -0.39 is 12.1 Å². The SMILES string of the molecule is Cc1cc(N2CCC(C(F)(F)F)CC2)ccc1Nc1cc2c(cc1C)NC(=O)CO2. The van der Waals surface area contributed by atoms with Crippen LogP contribution in [0.25, 0.3) is 0 Å². The largest absolute Gasteiger partial charge is 0.482 e. The monoisotopic (exact) mass is 419 g/mol. The van der Waals surface area contributed by atoms with Gasteiger partial charge in [-0.2, -0.15) is 13.2 Å². The van der Waals surface area contributed by atoms with Gasteiger partial charge in [-0.3, -0.25) is 4.79 Å². The normalized spacial score (nSPS) is 17.2. The Labute approximate surface area is 173 Å². The van der Waals surface area contributed by atoms with E-state index in [-0.39, 0.29) is 25.4 Å². The van der Waals surface area contributed by atoms with Gasteiger partial charge in [-0.25, -0.2) is 0 Å². The number of halogens is 3. The summed E-state index contributed by atoms with van der Waals surface area (Å²) in [5, 5.41) is 6.19. The summed E-state index contributed by atoms with van der Waals surface area (Å²) in [5.41, 5.74) is 5.32. The molecule has 0 spiro atoms. The lowest BCUT2D eigenvalue weighted by atomic mass is 9.95. The Bertz CT molecular complexity index is 967. The molecular formula is C22H24F3N3O2. The number of nitrogens with zero attached hydrogens (tertiary/aromatic N) is 1. The minimum Gasteiger partial charge on any atom is -0.482 e. The molecule has 4 rings (SSSR count). The zero-order chi connectivity index (χ0) is 21.5. The molecule has 2 heterocycles. The summed E-state index contributed by atoms with van der Waals surface area (Å²) >= 11 is 0. The van der Waals surface area contributed by atoms with Crippen molar-refractivity contribution in [1.29, 1.82) is 0 Å². The molecule has 8 heteroatoms. The number of carbonyl (C=O) groups excluding carboxylic acids is 1. The van der Waals surface area contributed by atoms with Crippen molar-refractivity contribution in [2.45, 2.75) is 32.9 Å². The number of nitrogens with one attached hydrogen (secondary N) is 2. The first-order chi connectivity index (χ1) is 14.2. The molecular weight excluding hydrogens is 395 g/mol. The minimum absolute atomic E-state index is 0.00570. The van der Waals surface area contributed by atoms with Crippen LogP contribution in [0, 0.1) is 19.8 Å². The Morgan fingerprint density at radius 1 is 1.07 bits per heavy atom. The molecule has 0 saturated carbocycles. The Hall–Kier alpha value is -2.90. The Balaban J connectivity index is 1.48. The van der Waals surface area contributed by atoms with Gasteiger partial charge in [-0.15, -0.1) is 0 Å². The molecule has 1 saturated heterocycles. The summed E-state index contributed by atoms with van der Waals surface area (Å²) in [4.78, 5) is 13.5. The lowest BCUT2D eigenvalue weighted by Gasteiger charge is -2.34. The third-order valence-corrected chi connectivity index (χ3v) is 5.76. The second-order valence-electron chi connectivity index (χ2n) is 7.93. The summed E-state index contributed by atoms with van der Waals surface area (Å²) in [6, 6.07) is 9.61. The molecule has 2 N–H and O–H groups in total. The van der Waals surface area contributed by atoms with Crippen LogP contribution in [0.5, 0.6) is 5.75 Å². The van der Waals surface area contributed by atoms with Gasteiger partial charge in [-0.1, -0.05) is 0 Å². The highest BCUT2D eigenvalue weighted by molar-refractivity contribution is 5.96. The first-order valence-electron chi connectivity index (χ1n) is 9.97. The predicted molar refractivity (Wildman–Crippen MR) is 111 cm³/mol. The van der Waals surface area contributed by atoms with Gasteiger partial charge in [0.25, 0.3) is 5.91 Å². The van der Waals surface area contributed by atoms with Gasteiger partial charge in [0.2, 0.25) is 0 Å². The fourth-order valence-corrected chi connectivity index (χ4v) is 3.96. The second-order valence-corrected chi connectivity index (χ2v) is 7.93. The van der Waals surface area contributed by atoms with Gasteiger partial charge in [0.05, 0.1) is 11.6 Å². The van der Waals surface area contributed by atoms with Gasteiger partial charge in [-0.05, 0) is 62.1 Å². The molecule has 2 aromatic carbocycles. The van der Waals surface area contributed by atoms with Crippen LogP contribution in [0.4, 0.5) is 35.9 Å². The van der Waals surface area contributed by atoms with Crippen molar-refractivity contribution < 1.29 is 22.7 Å². The van der Waals surface area contributed by atoms with Crippen molar-refractivity contribution >= 4 is 28.7 Å². The van der Waals surface area contributed by atoms with Crippen LogP contribution in [-0.4, -0.2) is 31.8 Å². The van der Waals surface area contributed by atoms with Crippen molar-refractivity contribution in [2.24, 2.45) is 5.92 Å². The maximum Gasteiger partial charge on any atom is 0.391 e. The maximum atomic E-state index is 12.9. The molecule has 0 radical (unpaired) electrons. The highest BCUT2D eigenvalue weighted by Crippen LogP contribution is 2.37. The van der Waals surface area contributed by atoms with E-state index in [1.807, 2.05) is 49.1 Å². The Kier molecular flexibility index (Phi) is 5.26. The molecule has 160 valence electrons. The number of hydrogen-bond donors (Lipinski definition) is 2. The Morgan fingerprint density at radius 2 is 1.77 bits per heavy atom. The number of aryl methyl sites for hydroxylation is 2. The molecule has 0 aliphatic carbocycles. The zero-order valence-corrected chi connectivity index (χ0v) is 16.9. The Morgan fingerprint density at radius 3 is 2.43 bits per heavy atom. The predicted octanol–water partition coefficient (Wildman–Crippen LogP) is 5.16. The van der Waals surface area contributed by atoms with Crippen molar-refractivity contribution in [3.8, 4) is 5.75 Å². The topological polar surface area (TPSA) is 53.6 Å². The van der Waals surface area contributed by atoms with Crippen LogP contribution in [0.15, 0.2) is 30.3 Å². The molecule has 0 aromatic heterocycles. The lowest BCUT2D eigenvalue weighted by Crippen LogP contribution is -2.39. The summed E-state index contributed by atoms with van der Waals surface area (Å²) in [6.45, 7) is 4.72. The number of ether oxygens (including phenoxy) is 1. The number of amides is 1. The molecule has 0 unspecified atom stereocenters. The van der Waals surface area contributed by atoms with Crippen molar-refractivity contribution in [2.75, 3.05) is 35.2 Å². The molecule has 2 aliphatic heterocycles. The number of piperidine rings is 1. The van der Waals surface area contributed by atoms with Crippen LogP contribution < -0.4 is 20.3 Å². The minimum atomic E-state index is -4.10. The van der Waals surface area contributed by atoms with Crippen molar-refractivity contribution in [1.82, 2.24) is 0 Å². The molecule has 1 fully saturated rings. The van der Waals surface area contributed by atoms with E-state index in [1.165, 1.54) is 0 Å². The van der Waals surface area contributed by atoms with Crippen molar-refractivity contribution in [3.63, 3.8) is 0 Å². The van der Waals surface area contributed by atoms with E-state index >= 15 is 0 Å². The van der Waals surface area contributed by atoms with Crippen LogP contribution in [-0.2, 0) is 4.79 Å². The average Bonchev–Trinajstić information content (AvgIpc) is 2.69. The lowest BCUT2D eigenvalue weighted by molar-refractivity contribution is -0.179. The van der Waals surface area contributed by atoms with Crippen LogP contribution in [0.1, 0.15) is 24.0 Å². The van der Waals surface area contributed by atoms with E-state index in [1.54, 1.807) is 0 Å². The van der Waals surface area contributed by atoms with E-state index in [0.717, 1.165) is 28.2 Å². The molecule has 30 heavy (non-hydrogen) atoms. The number of alkyl halides is 3. The highest BCUT2D eigenvalue weighted by atomic mass is 19.4. The number of benzene rings is 2. The third kappa shape index (κ3) is 4.17. The third-order valence-electron chi connectivity index (χ3n) is 5.76. The number of anilines is 4. The molecule has 0 atom stereocenters. The van der Waals surface area contributed by atoms with Crippen molar-refractivity contribution in [3.05, 3.63) is 41.5 Å². The van der Waals surface area contributed by atoms with Crippen LogP contribution in [0.3, 0.4) is 0 Å². The molecule has 2 aliphatic rings. The molecule has 5 nitrogen and oxygen atoms in total. The zero-order valence-electron chi connectivity index (χ0n) is 16.9. The summed E-state index contributed by atoms with van der Waals surface area (Å²) < 4.78 is 44.2. The summed E-state index contributed by atoms with van der Waals surface area (Å²) in [5.74, 6) is -0.757. The van der Waals surface area contributed by atoms with Crippen LogP contribution in [0.2, 0.25) is 0 Å². The smallest absolute Gasteiger partial charge is 0.391 e. The number of rotatable bonds is 3. The summed E-state index contributed by atoms with van der Waals surface area (Å²) in [7, 11) is 0. The molecule has 1 amide bonds. The standard InChI is InChI=1S/C22H24F3N3O2/c1-13-9-16(28-7-5-15(6-8-28)22(23,24)25)3-4-17(13)26-18-11-20-19(10-14(18)2)27-21(29)12-30-20/h3-4,9-11,15,26H,5-8,12H2,1-2H3,(H,27,29). The van der Waals surface area contributed by atoms with Gasteiger partial charge in [0.1, 0.15) is 5.75 Å². The quantitative estimate of drug-likeness (QED) is 0.722. The first-order valence-corrected chi connectivity index (χ1v) is 9.97. The van der Waals surface area contributed by atoms with E-state index in [0.29, 0.717) is 24.5 Å². The number of fused-ring (bicyclic) bond motifs is 1. The second kappa shape index (κ2) is 7.74.